The molecule has 0 aromatic heterocycles. The van der Waals surface area contributed by atoms with Crippen LogP contribution in [0.5, 0.6) is 0 Å². The van der Waals surface area contributed by atoms with Crippen LogP contribution in [0, 0.1) is 0 Å². The Kier molecular flexibility index (Phi) is 4.86. The van der Waals surface area contributed by atoms with Gasteiger partial charge in [0.15, 0.2) is 12.1 Å². The van der Waals surface area contributed by atoms with Crippen LogP contribution in [-0.4, -0.2) is 41.4 Å². The third-order valence-corrected chi connectivity index (χ3v) is 5.12. The Morgan fingerprint density at radius 3 is 2.61 bits per heavy atom. The average Bonchev–Trinajstić information content (AvgIpc) is 3.17. The highest BCUT2D eigenvalue weighted by molar-refractivity contribution is 9.10. The highest BCUT2D eigenvalue weighted by atomic mass is 79.9. The predicted molar refractivity (Wildman–Crippen MR) is 106 cm³/mol. The second-order valence-corrected chi connectivity index (χ2v) is 7.59. The fourth-order valence-electron chi connectivity index (χ4n) is 3.10. The van der Waals surface area contributed by atoms with Crippen molar-refractivity contribution in [3.05, 3.63) is 58.0 Å². The van der Waals surface area contributed by atoms with Crippen molar-refractivity contribution >= 4 is 56.6 Å². The van der Waals surface area contributed by atoms with Crippen LogP contribution >= 0.6 is 27.5 Å². The SMILES string of the molecule is O=C(CN1N=N[C@@H]2C(=O)N(c3cccc(Cl)c3)C(=O)[C@@H]21)Nc1ccc(Br)cc1. The van der Waals surface area contributed by atoms with E-state index < -0.39 is 23.9 Å². The molecule has 2 aliphatic rings. The number of amides is 3. The summed E-state index contributed by atoms with van der Waals surface area (Å²) in [4.78, 5) is 38.9. The first kappa shape index (κ1) is 18.6. The summed E-state index contributed by atoms with van der Waals surface area (Å²) in [5.74, 6) is -1.35. The zero-order valence-electron chi connectivity index (χ0n) is 14.3. The van der Waals surface area contributed by atoms with Crippen molar-refractivity contribution in [1.29, 1.82) is 0 Å². The molecule has 1 saturated heterocycles. The zero-order valence-corrected chi connectivity index (χ0v) is 16.6. The second-order valence-electron chi connectivity index (χ2n) is 6.24. The molecule has 0 spiro atoms. The van der Waals surface area contributed by atoms with Crippen molar-refractivity contribution < 1.29 is 14.4 Å². The molecule has 28 heavy (non-hydrogen) atoms. The molecule has 0 bridgehead atoms. The van der Waals surface area contributed by atoms with Crippen molar-refractivity contribution in [2.45, 2.75) is 12.1 Å². The van der Waals surface area contributed by atoms with Gasteiger partial charge < -0.3 is 5.32 Å². The van der Waals surface area contributed by atoms with Gasteiger partial charge in [-0.25, -0.2) is 4.90 Å². The third-order valence-electron chi connectivity index (χ3n) is 4.36. The van der Waals surface area contributed by atoms with E-state index in [2.05, 4.69) is 31.6 Å². The number of carbonyl (C=O) groups is 3. The lowest BCUT2D eigenvalue weighted by Gasteiger charge is -2.20. The summed E-state index contributed by atoms with van der Waals surface area (Å²) in [5, 5.41) is 12.1. The molecule has 2 aromatic rings. The summed E-state index contributed by atoms with van der Waals surface area (Å²) in [7, 11) is 0. The van der Waals surface area contributed by atoms with Crippen LogP contribution in [0.2, 0.25) is 5.02 Å². The number of halogens is 2. The first-order valence-corrected chi connectivity index (χ1v) is 9.47. The van der Waals surface area contributed by atoms with Crippen LogP contribution in [0.4, 0.5) is 11.4 Å². The van der Waals surface area contributed by atoms with Crippen LogP contribution in [0.3, 0.4) is 0 Å². The number of nitrogens with one attached hydrogen (secondary N) is 1. The Bertz CT molecular complexity index is 997. The monoisotopic (exact) mass is 461 g/mol. The van der Waals surface area contributed by atoms with Gasteiger partial charge in [0.2, 0.25) is 5.91 Å². The third kappa shape index (κ3) is 3.38. The molecule has 0 unspecified atom stereocenters. The summed E-state index contributed by atoms with van der Waals surface area (Å²) >= 11 is 9.29. The van der Waals surface area contributed by atoms with Gasteiger partial charge in [-0.15, -0.1) is 0 Å². The standard InChI is InChI=1S/C18H13BrClN5O3/c19-10-4-6-12(7-5-10)21-14(26)9-24-16-15(22-23-24)17(27)25(18(16)28)13-3-1-2-11(20)8-13/h1-8,15-16H,9H2,(H,21,26)/t15-,16+/m0/s1. The minimum atomic E-state index is -0.966. The number of fused-ring (bicyclic) bond motifs is 1. The molecular weight excluding hydrogens is 450 g/mol. The lowest BCUT2D eigenvalue weighted by Crippen LogP contribution is -2.43. The molecule has 0 saturated carbocycles. The van der Waals surface area contributed by atoms with E-state index in [0.717, 1.165) is 9.37 Å². The van der Waals surface area contributed by atoms with E-state index in [1.165, 1.54) is 11.1 Å². The molecule has 3 amide bonds. The van der Waals surface area contributed by atoms with Crippen LogP contribution in [-0.2, 0) is 14.4 Å². The van der Waals surface area contributed by atoms with Gasteiger partial charge in [-0.3, -0.25) is 19.4 Å². The highest BCUT2D eigenvalue weighted by Crippen LogP contribution is 2.32. The molecular formula is C18H13BrClN5O3. The molecule has 2 aromatic carbocycles. The largest absolute Gasteiger partial charge is 0.324 e. The van der Waals surface area contributed by atoms with Crippen LogP contribution < -0.4 is 10.2 Å². The van der Waals surface area contributed by atoms with Gasteiger partial charge in [-0.1, -0.05) is 38.8 Å². The first-order valence-electron chi connectivity index (χ1n) is 8.30. The summed E-state index contributed by atoms with van der Waals surface area (Å²) < 4.78 is 0.887. The lowest BCUT2D eigenvalue weighted by atomic mass is 10.1. The molecule has 0 aliphatic carbocycles. The van der Waals surface area contributed by atoms with E-state index in [-0.39, 0.29) is 12.5 Å². The average molecular weight is 463 g/mol. The Morgan fingerprint density at radius 1 is 1.14 bits per heavy atom. The van der Waals surface area contributed by atoms with Gasteiger partial charge >= 0.3 is 0 Å². The summed E-state index contributed by atoms with van der Waals surface area (Å²) in [6.45, 7) is -0.205. The number of carbonyl (C=O) groups excluding carboxylic acids is 3. The molecule has 2 heterocycles. The van der Waals surface area contributed by atoms with E-state index in [0.29, 0.717) is 16.4 Å². The quantitative estimate of drug-likeness (QED) is 0.707. The van der Waals surface area contributed by atoms with E-state index in [1.54, 1.807) is 42.5 Å². The molecule has 2 atom stereocenters. The van der Waals surface area contributed by atoms with Crippen molar-refractivity contribution in [1.82, 2.24) is 5.01 Å². The van der Waals surface area contributed by atoms with E-state index in [4.69, 9.17) is 11.6 Å². The summed E-state index contributed by atoms with van der Waals surface area (Å²) in [6, 6.07) is 11.6. The second kappa shape index (κ2) is 7.33. The molecule has 1 N–H and O–H groups in total. The molecule has 4 rings (SSSR count). The van der Waals surface area contributed by atoms with E-state index in [9.17, 15) is 14.4 Å². The van der Waals surface area contributed by atoms with Gasteiger partial charge in [0.1, 0.15) is 6.54 Å². The van der Waals surface area contributed by atoms with Gasteiger partial charge in [0.05, 0.1) is 5.69 Å². The Balaban J connectivity index is 1.49. The number of hydrogen-bond acceptors (Lipinski definition) is 6. The predicted octanol–water partition coefficient (Wildman–Crippen LogP) is 3.03. The minimum Gasteiger partial charge on any atom is -0.324 e. The van der Waals surface area contributed by atoms with Gasteiger partial charge in [-0.2, -0.15) is 5.11 Å². The number of imide groups is 1. The Morgan fingerprint density at radius 2 is 1.89 bits per heavy atom. The van der Waals surface area contributed by atoms with Gasteiger partial charge in [0, 0.05) is 15.2 Å². The van der Waals surface area contributed by atoms with Crippen molar-refractivity contribution in [2.75, 3.05) is 16.8 Å². The van der Waals surface area contributed by atoms with Crippen molar-refractivity contribution in [2.24, 2.45) is 10.3 Å². The van der Waals surface area contributed by atoms with Gasteiger partial charge in [-0.05, 0) is 42.5 Å². The molecule has 10 heteroatoms. The molecule has 1 fully saturated rings. The maximum atomic E-state index is 12.9. The number of anilines is 2. The molecule has 8 nitrogen and oxygen atoms in total. The first-order chi connectivity index (χ1) is 13.4. The number of rotatable bonds is 4. The highest BCUT2D eigenvalue weighted by Gasteiger charge is 2.55. The normalized spacial score (nSPS) is 20.6. The fraction of sp³-hybridized carbons (Fsp3) is 0.167. The van der Waals surface area contributed by atoms with Crippen molar-refractivity contribution in [3.63, 3.8) is 0 Å². The number of nitrogens with zero attached hydrogens (tertiary/aromatic N) is 4. The van der Waals surface area contributed by atoms with Crippen LogP contribution in [0.15, 0.2) is 63.3 Å². The number of benzene rings is 2. The van der Waals surface area contributed by atoms with E-state index in [1.807, 2.05) is 0 Å². The van der Waals surface area contributed by atoms with Gasteiger partial charge in [0.25, 0.3) is 11.8 Å². The van der Waals surface area contributed by atoms with Crippen LogP contribution in [0.25, 0.3) is 0 Å². The maximum Gasteiger partial charge on any atom is 0.263 e. The molecule has 2 aliphatic heterocycles. The lowest BCUT2D eigenvalue weighted by molar-refractivity contribution is -0.123. The van der Waals surface area contributed by atoms with E-state index >= 15 is 0 Å². The topological polar surface area (TPSA) is 94.4 Å². The maximum absolute atomic E-state index is 12.9. The summed E-state index contributed by atoms with van der Waals surface area (Å²) in [6.07, 6.45) is 0. The fourth-order valence-corrected chi connectivity index (χ4v) is 3.55. The molecule has 0 radical (unpaired) electrons. The molecule has 142 valence electrons. The van der Waals surface area contributed by atoms with Crippen molar-refractivity contribution in [3.8, 4) is 0 Å². The number of hydrogen-bond donors (Lipinski definition) is 1. The Hall–Kier alpha value is -2.78. The summed E-state index contributed by atoms with van der Waals surface area (Å²) in [5.41, 5.74) is 0.974. The van der Waals surface area contributed by atoms with Crippen LogP contribution in [0.1, 0.15) is 0 Å². The zero-order chi connectivity index (χ0) is 19.8. The Labute approximate surface area is 173 Å². The minimum absolute atomic E-state index is 0.205. The smallest absolute Gasteiger partial charge is 0.263 e.